The maximum Gasteiger partial charge on any atom is 0.319 e. The van der Waals surface area contributed by atoms with Crippen LogP contribution in [-0.2, 0) is 18.7 Å². The molecule has 36 heavy (non-hydrogen) atoms. The molecule has 2 amide bonds. The van der Waals surface area contributed by atoms with Gasteiger partial charge in [-0.05, 0) is 60.0 Å². The zero-order chi connectivity index (χ0) is 25.5. The smallest absolute Gasteiger partial charge is 0.319 e. The van der Waals surface area contributed by atoms with Gasteiger partial charge in [-0.1, -0.05) is 66.2 Å². The molecule has 0 saturated carbocycles. The average Bonchev–Trinajstić information content (AvgIpc) is 3.29. The van der Waals surface area contributed by atoms with E-state index in [1.165, 1.54) is 11.8 Å². The zero-order valence-electron chi connectivity index (χ0n) is 19.8. The second-order valence-corrected chi connectivity index (χ2v) is 9.62. The second-order valence-electron chi connectivity index (χ2n) is 7.83. The summed E-state index contributed by atoms with van der Waals surface area (Å²) in [5, 5.41) is 16.1. The number of methoxy groups -OCH3 is 1. The number of carbonyl (C=O) groups excluding carboxylic acids is 1. The third-order valence-corrected chi connectivity index (χ3v) is 6.89. The molecule has 2 N–H and O–H groups in total. The standard InChI is InChI=1S/C26H25Cl2N5O2S/c1-3-17-6-4-8-20(12-17)30-25(34)29-15-24-31-32-26(33(24)23-11-10-19(27)14-22(23)28)36-16-18-7-5-9-21(13-18)35-2/h4-14H,3,15-16H2,1-2H3,(H2,29,30,34). The number of nitrogens with zero attached hydrogens (tertiary/aromatic N) is 3. The molecule has 7 nitrogen and oxygen atoms in total. The quantitative estimate of drug-likeness (QED) is 0.229. The molecule has 10 heteroatoms. The summed E-state index contributed by atoms with van der Waals surface area (Å²) in [6, 6.07) is 20.5. The monoisotopic (exact) mass is 541 g/mol. The fourth-order valence-electron chi connectivity index (χ4n) is 3.53. The lowest BCUT2D eigenvalue weighted by molar-refractivity contribution is 0.251. The van der Waals surface area contributed by atoms with Crippen LogP contribution in [0.3, 0.4) is 0 Å². The number of anilines is 1. The van der Waals surface area contributed by atoms with E-state index in [4.69, 9.17) is 27.9 Å². The van der Waals surface area contributed by atoms with Crippen molar-refractivity contribution in [3.63, 3.8) is 0 Å². The van der Waals surface area contributed by atoms with Gasteiger partial charge in [-0.2, -0.15) is 0 Å². The predicted molar refractivity (Wildman–Crippen MR) is 146 cm³/mol. The topological polar surface area (TPSA) is 81.1 Å². The molecular weight excluding hydrogens is 517 g/mol. The number of aryl methyl sites for hydroxylation is 1. The van der Waals surface area contributed by atoms with Crippen LogP contribution in [0.5, 0.6) is 5.75 Å². The van der Waals surface area contributed by atoms with E-state index in [0.717, 1.165) is 29.0 Å². The van der Waals surface area contributed by atoms with Gasteiger partial charge < -0.3 is 15.4 Å². The first kappa shape index (κ1) is 25.9. The number of hydrogen-bond acceptors (Lipinski definition) is 5. The number of benzene rings is 3. The first-order chi connectivity index (χ1) is 17.5. The van der Waals surface area contributed by atoms with Crippen LogP contribution in [0.2, 0.25) is 10.0 Å². The summed E-state index contributed by atoms with van der Waals surface area (Å²) in [7, 11) is 1.64. The van der Waals surface area contributed by atoms with E-state index in [0.29, 0.717) is 32.5 Å². The Morgan fingerprint density at radius 2 is 1.83 bits per heavy atom. The summed E-state index contributed by atoms with van der Waals surface area (Å²) < 4.78 is 7.16. The molecule has 0 atom stereocenters. The number of carbonyl (C=O) groups is 1. The minimum absolute atomic E-state index is 0.144. The van der Waals surface area contributed by atoms with Gasteiger partial charge in [0.15, 0.2) is 11.0 Å². The lowest BCUT2D eigenvalue weighted by Crippen LogP contribution is -2.29. The van der Waals surface area contributed by atoms with Crippen molar-refractivity contribution in [2.45, 2.75) is 30.8 Å². The molecule has 4 rings (SSSR count). The molecule has 0 bridgehead atoms. The van der Waals surface area contributed by atoms with E-state index in [-0.39, 0.29) is 12.6 Å². The van der Waals surface area contributed by atoms with Gasteiger partial charge in [-0.3, -0.25) is 4.57 Å². The normalized spacial score (nSPS) is 10.8. The van der Waals surface area contributed by atoms with Crippen molar-refractivity contribution in [3.8, 4) is 11.4 Å². The molecule has 0 unspecified atom stereocenters. The number of nitrogens with one attached hydrogen (secondary N) is 2. The minimum atomic E-state index is -0.342. The van der Waals surface area contributed by atoms with Crippen molar-refractivity contribution >= 4 is 46.7 Å². The minimum Gasteiger partial charge on any atom is -0.497 e. The van der Waals surface area contributed by atoms with Gasteiger partial charge in [0.05, 0.1) is 24.4 Å². The van der Waals surface area contributed by atoms with Gasteiger partial charge in [-0.15, -0.1) is 10.2 Å². The molecule has 0 spiro atoms. The SMILES string of the molecule is CCc1cccc(NC(=O)NCc2nnc(SCc3cccc(OC)c3)n2-c2ccc(Cl)cc2Cl)c1. The van der Waals surface area contributed by atoms with E-state index in [2.05, 4.69) is 27.8 Å². The number of halogens is 2. The van der Waals surface area contributed by atoms with Crippen molar-refractivity contribution in [2.75, 3.05) is 12.4 Å². The molecule has 0 aliphatic rings. The van der Waals surface area contributed by atoms with Crippen LogP contribution in [-0.4, -0.2) is 27.9 Å². The van der Waals surface area contributed by atoms with Gasteiger partial charge in [0.1, 0.15) is 5.75 Å². The summed E-state index contributed by atoms with van der Waals surface area (Å²) >= 11 is 14.2. The Hall–Kier alpha value is -3.20. The molecular formula is C26H25Cl2N5O2S. The highest BCUT2D eigenvalue weighted by atomic mass is 35.5. The molecule has 4 aromatic rings. The van der Waals surface area contributed by atoms with Crippen molar-refractivity contribution in [3.05, 3.63) is 93.7 Å². The highest BCUT2D eigenvalue weighted by Gasteiger charge is 2.18. The number of ether oxygens (including phenoxy) is 1. The van der Waals surface area contributed by atoms with Gasteiger partial charge in [0.2, 0.25) is 0 Å². The predicted octanol–water partition coefficient (Wildman–Crippen LogP) is 6.76. The zero-order valence-corrected chi connectivity index (χ0v) is 22.1. The Labute approximate surface area is 224 Å². The highest BCUT2D eigenvalue weighted by Crippen LogP contribution is 2.31. The largest absolute Gasteiger partial charge is 0.497 e. The van der Waals surface area contributed by atoms with Crippen LogP contribution >= 0.6 is 35.0 Å². The van der Waals surface area contributed by atoms with Gasteiger partial charge in [0.25, 0.3) is 0 Å². The average molecular weight is 542 g/mol. The Morgan fingerprint density at radius 1 is 1.03 bits per heavy atom. The van der Waals surface area contributed by atoms with E-state index in [1.807, 2.05) is 59.2 Å². The fourth-order valence-corrected chi connectivity index (χ4v) is 4.93. The Morgan fingerprint density at radius 3 is 2.61 bits per heavy atom. The summed E-state index contributed by atoms with van der Waals surface area (Å²) in [5.74, 6) is 1.96. The molecule has 0 fully saturated rings. The van der Waals surface area contributed by atoms with Crippen LogP contribution in [0.4, 0.5) is 10.5 Å². The molecule has 0 saturated heterocycles. The summed E-state index contributed by atoms with van der Waals surface area (Å²) in [4.78, 5) is 12.6. The maximum absolute atomic E-state index is 12.6. The van der Waals surface area contributed by atoms with Crippen molar-refractivity contribution in [1.29, 1.82) is 0 Å². The van der Waals surface area contributed by atoms with E-state index in [1.54, 1.807) is 19.2 Å². The maximum atomic E-state index is 12.6. The number of amides is 2. The summed E-state index contributed by atoms with van der Waals surface area (Å²) in [6.45, 7) is 2.21. The molecule has 0 aliphatic heterocycles. The Bertz CT molecular complexity index is 1360. The third kappa shape index (κ3) is 6.51. The van der Waals surface area contributed by atoms with Crippen LogP contribution in [0.1, 0.15) is 23.9 Å². The molecule has 0 aliphatic carbocycles. The fraction of sp³-hybridized carbons (Fsp3) is 0.192. The Balaban J connectivity index is 1.54. The van der Waals surface area contributed by atoms with Crippen LogP contribution in [0.25, 0.3) is 5.69 Å². The van der Waals surface area contributed by atoms with Crippen LogP contribution in [0.15, 0.2) is 71.9 Å². The van der Waals surface area contributed by atoms with Crippen molar-refractivity contribution in [2.24, 2.45) is 0 Å². The third-order valence-electron chi connectivity index (χ3n) is 5.35. The number of urea groups is 1. The van der Waals surface area contributed by atoms with E-state index < -0.39 is 0 Å². The Kier molecular flexibility index (Phi) is 8.74. The number of aromatic nitrogens is 3. The lowest BCUT2D eigenvalue weighted by atomic mass is 10.1. The highest BCUT2D eigenvalue weighted by molar-refractivity contribution is 7.98. The van der Waals surface area contributed by atoms with E-state index >= 15 is 0 Å². The molecule has 1 heterocycles. The first-order valence-corrected chi connectivity index (χ1v) is 13.0. The van der Waals surface area contributed by atoms with Crippen molar-refractivity contribution in [1.82, 2.24) is 20.1 Å². The van der Waals surface area contributed by atoms with Crippen LogP contribution in [0, 0.1) is 0 Å². The van der Waals surface area contributed by atoms with E-state index in [9.17, 15) is 4.79 Å². The molecule has 1 aromatic heterocycles. The van der Waals surface area contributed by atoms with Crippen molar-refractivity contribution < 1.29 is 9.53 Å². The number of rotatable bonds is 9. The second kappa shape index (κ2) is 12.2. The van der Waals surface area contributed by atoms with Gasteiger partial charge in [0, 0.05) is 16.5 Å². The van der Waals surface area contributed by atoms with Gasteiger partial charge in [-0.25, -0.2) is 4.79 Å². The van der Waals surface area contributed by atoms with Gasteiger partial charge >= 0.3 is 6.03 Å². The number of hydrogen-bond donors (Lipinski definition) is 2. The summed E-state index contributed by atoms with van der Waals surface area (Å²) in [6.07, 6.45) is 0.887. The molecule has 3 aromatic carbocycles. The number of thioether (sulfide) groups is 1. The summed E-state index contributed by atoms with van der Waals surface area (Å²) in [5.41, 5.74) is 3.61. The lowest BCUT2D eigenvalue weighted by Gasteiger charge is -2.13. The first-order valence-electron chi connectivity index (χ1n) is 11.3. The van der Waals surface area contributed by atoms with Crippen LogP contribution < -0.4 is 15.4 Å². The molecule has 186 valence electrons. The molecule has 0 radical (unpaired) electrons.